The van der Waals surface area contributed by atoms with Crippen LogP contribution in [0.15, 0.2) is 58.7 Å². The second-order valence-electron chi connectivity index (χ2n) is 6.58. The normalized spacial score (nSPS) is 19.7. The number of hydrogen-bond donors (Lipinski definition) is 0. The van der Waals surface area contributed by atoms with Crippen LogP contribution in [-0.2, 0) is 4.79 Å². The molecule has 0 aromatic heterocycles. The number of allylic oxidation sites excluding steroid dienone is 10. The number of aldehydes is 1. The summed E-state index contributed by atoms with van der Waals surface area (Å²) >= 11 is 0. The molecule has 0 saturated carbocycles. The minimum atomic E-state index is 0. The molecule has 0 unspecified atom stereocenters. The first-order valence-electron chi connectivity index (χ1n) is 7.72. The highest BCUT2D eigenvalue weighted by atomic mass is 16.1. The Labute approximate surface area is 135 Å². The lowest BCUT2D eigenvalue weighted by Gasteiger charge is -2.32. The van der Waals surface area contributed by atoms with Crippen molar-refractivity contribution in [2.24, 2.45) is 5.41 Å². The maximum absolute atomic E-state index is 10.3. The topological polar surface area (TPSA) is 48.6 Å². The molecular weight excluding hydrogens is 272 g/mol. The SMILES string of the molecule is CC(C=CC=C(C)C=CC1=C(C)CCCC1(C)C)=CC=O.O. The molecule has 0 fully saturated rings. The van der Waals surface area contributed by atoms with Crippen LogP contribution in [0.1, 0.15) is 53.9 Å². The van der Waals surface area contributed by atoms with E-state index in [1.165, 1.54) is 36.0 Å². The molecule has 0 atom stereocenters. The molecule has 0 aromatic carbocycles. The van der Waals surface area contributed by atoms with Gasteiger partial charge in [-0.2, -0.15) is 0 Å². The smallest absolute Gasteiger partial charge is 0.143 e. The number of carbonyl (C=O) groups is 1. The van der Waals surface area contributed by atoms with Crippen LogP contribution in [0.4, 0.5) is 0 Å². The molecule has 2 N–H and O–H groups in total. The van der Waals surface area contributed by atoms with Gasteiger partial charge in [-0.1, -0.05) is 55.4 Å². The van der Waals surface area contributed by atoms with Crippen molar-refractivity contribution in [3.63, 3.8) is 0 Å². The van der Waals surface area contributed by atoms with Gasteiger partial charge in [-0.15, -0.1) is 0 Å². The third-order valence-electron chi connectivity index (χ3n) is 4.10. The molecular formula is C20H30O2. The third kappa shape index (κ3) is 6.40. The van der Waals surface area contributed by atoms with Gasteiger partial charge in [0.1, 0.15) is 6.29 Å². The van der Waals surface area contributed by atoms with E-state index >= 15 is 0 Å². The highest BCUT2D eigenvalue weighted by molar-refractivity contribution is 5.66. The van der Waals surface area contributed by atoms with Crippen molar-refractivity contribution in [2.45, 2.75) is 53.9 Å². The van der Waals surface area contributed by atoms with Gasteiger partial charge >= 0.3 is 0 Å². The van der Waals surface area contributed by atoms with E-state index in [1.54, 1.807) is 6.08 Å². The first-order chi connectivity index (χ1) is 9.86. The fraction of sp³-hybridized carbons (Fsp3) is 0.450. The molecule has 22 heavy (non-hydrogen) atoms. The van der Waals surface area contributed by atoms with Crippen LogP contribution in [-0.4, -0.2) is 11.8 Å². The van der Waals surface area contributed by atoms with E-state index in [4.69, 9.17) is 0 Å². The van der Waals surface area contributed by atoms with Crippen molar-refractivity contribution < 1.29 is 10.3 Å². The van der Waals surface area contributed by atoms with Crippen LogP contribution in [0.2, 0.25) is 0 Å². The molecule has 2 nitrogen and oxygen atoms in total. The predicted molar refractivity (Wildman–Crippen MR) is 95.8 cm³/mol. The predicted octanol–water partition coefficient (Wildman–Crippen LogP) is 4.89. The quantitative estimate of drug-likeness (QED) is 0.405. The Bertz CT molecular complexity index is 526. The maximum atomic E-state index is 10.3. The largest absolute Gasteiger partial charge is 0.412 e. The minimum absolute atomic E-state index is 0. The lowest BCUT2D eigenvalue weighted by Crippen LogP contribution is -2.19. The van der Waals surface area contributed by atoms with Gasteiger partial charge in [-0.05, 0) is 62.7 Å². The monoisotopic (exact) mass is 302 g/mol. The van der Waals surface area contributed by atoms with Gasteiger partial charge in [0.25, 0.3) is 0 Å². The Hall–Kier alpha value is -1.67. The first kappa shape index (κ1) is 20.3. The summed E-state index contributed by atoms with van der Waals surface area (Å²) in [6.45, 7) is 10.9. The highest BCUT2D eigenvalue weighted by Gasteiger charge is 2.26. The average Bonchev–Trinajstić information content (AvgIpc) is 2.37. The summed E-state index contributed by atoms with van der Waals surface area (Å²) in [7, 11) is 0. The van der Waals surface area contributed by atoms with Crippen molar-refractivity contribution in [3.05, 3.63) is 58.7 Å². The summed E-state index contributed by atoms with van der Waals surface area (Å²) in [4.78, 5) is 10.3. The molecule has 0 saturated heterocycles. The molecule has 0 aromatic rings. The van der Waals surface area contributed by atoms with Crippen molar-refractivity contribution in [2.75, 3.05) is 0 Å². The van der Waals surface area contributed by atoms with Crippen LogP contribution in [0.3, 0.4) is 0 Å². The molecule has 0 amide bonds. The lowest BCUT2D eigenvalue weighted by molar-refractivity contribution is -0.104. The Morgan fingerprint density at radius 3 is 2.32 bits per heavy atom. The Morgan fingerprint density at radius 1 is 1.09 bits per heavy atom. The molecule has 1 aliphatic carbocycles. The minimum Gasteiger partial charge on any atom is -0.412 e. The fourth-order valence-electron chi connectivity index (χ4n) is 2.80. The molecule has 1 aliphatic rings. The van der Waals surface area contributed by atoms with Gasteiger partial charge < -0.3 is 5.48 Å². The summed E-state index contributed by atoms with van der Waals surface area (Å²) in [5, 5.41) is 0. The van der Waals surface area contributed by atoms with Crippen LogP contribution in [0, 0.1) is 5.41 Å². The van der Waals surface area contributed by atoms with E-state index in [1.807, 2.05) is 19.1 Å². The molecule has 0 radical (unpaired) electrons. The highest BCUT2D eigenvalue weighted by Crippen LogP contribution is 2.40. The van der Waals surface area contributed by atoms with E-state index in [2.05, 4.69) is 45.9 Å². The molecule has 0 heterocycles. The Kier molecular flexibility index (Phi) is 8.66. The molecule has 0 bridgehead atoms. The summed E-state index contributed by atoms with van der Waals surface area (Å²) in [5.41, 5.74) is 5.48. The van der Waals surface area contributed by atoms with Gasteiger partial charge in [0.15, 0.2) is 0 Å². The van der Waals surface area contributed by atoms with Gasteiger partial charge in [0.2, 0.25) is 0 Å². The second-order valence-corrected chi connectivity index (χ2v) is 6.58. The van der Waals surface area contributed by atoms with E-state index in [0.717, 1.165) is 11.9 Å². The average molecular weight is 302 g/mol. The van der Waals surface area contributed by atoms with Crippen molar-refractivity contribution >= 4 is 6.29 Å². The van der Waals surface area contributed by atoms with Crippen molar-refractivity contribution in [3.8, 4) is 0 Å². The third-order valence-corrected chi connectivity index (χ3v) is 4.10. The van der Waals surface area contributed by atoms with Crippen LogP contribution in [0.25, 0.3) is 0 Å². The zero-order chi connectivity index (χ0) is 15.9. The zero-order valence-electron chi connectivity index (χ0n) is 14.6. The van der Waals surface area contributed by atoms with Gasteiger partial charge in [-0.3, -0.25) is 4.79 Å². The zero-order valence-corrected chi connectivity index (χ0v) is 14.6. The van der Waals surface area contributed by atoms with E-state index < -0.39 is 0 Å². The standard InChI is InChI=1S/C20H28O.H2O/c1-16(8-6-9-17(2)13-15-21)11-12-19-18(3)10-7-14-20(19,4)5;/h6,8-9,11-13,15H,7,10,14H2,1-5H3;1H2. The summed E-state index contributed by atoms with van der Waals surface area (Å²) in [6.07, 6.45) is 16.6. The van der Waals surface area contributed by atoms with Crippen LogP contribution < -0.4 is 0 Å². The Morgan fingerprint density at radius 2 is 1.73 bits per heavy atom. The van der Waals surface area contributed by atoms with Crippen LogP contribution in [0.5, 0.6) is 0 Å². The van der Waals surface area contributed by atoms with E-state index in [9.17, 15) is 4.79 Å². The first-order valence-corrected chi connectivity index (χ1v) is 7.72. The van der Waals surface area contributed by atoms with Gasteiger partial charge in [-0.25, -0.2) is 0 Å². The van der Waals surface area contributed by atoms with Crippen LogP contribution >= 0.6 is 0 Å². The summed E-state index contributed by atoms with van der Waals surface area (Å²) in [5.74, 6) is 0. The molecule has 0 aliphatic heterocycles. The van der Waals surface area contributed by atoms with E-state index in [-0.39, 0.29) is 10.9 Å². The second kappa shape index (κ2) is 9.37. The molecule has 122 valence electrons. The van der Waals surface area contributed by atoms with Gasteiger partial charge in [0.05, 0.1) is 0 Å². The fourth-order valence-corrected chi connectivity index (χ4v) is 2.80. The van der Waals surface area contributed by atoms with Gasteiger partial charge in [0, 0.05) is 0 Å². The molecule has 0 spiro atoms. The van der Waals surface area contributed by atoms with E-state index in [0.29, 0.717) is 0 Å². The summed E-state index contributed by atoms with van der Waals surface area (Å²) in [6, 6.07) is 0. The Balaban J connectivity index is 0.00000441. The lowest BCUT2D eigenvalue weighted by atomic mass is 9.72. The number of hydrogen-bond acceptors (Lipinski definition) is 1. The summed E-state index contributed by atoms with van der Waals surface area (Å²) < 4.78 is 0. The van der Waals surface area contributed by atoms with Crippen molar-refractivity contribution in [1.29, 1.82) is 0 Å². The van der Waals surface area contributed by atoms with Crippen molar-refractivity contribution in [1.82, 2.24) is 0 Å². The molecule has 1 rings (SSSR count). The number of carbonyl (C=O) groups excluding carboxylic acids is 1. The maximum Gasteiger partial charge on any atom is 0.143 e. The molecule has 2 heteroatoms. The number of rotatable bonds is 5.